The zero-order chi connectivity index (χ0) is 20.9. The number of amides is 1. The van der Waals surface area contributed by atoms with Crippen LogP contribution in [0.25, 0.3) is 0 Å². The molecule has 150 valence electrons. The van der Waals surface area contributed by atoms with Crippen molar-refractivity contribution in [3.8, 4) is 0 Å². The van der Waals surface area contributed by atoms with Gasteiger partial charge in [0.25, 0.3) is 5.91 Å². The number of hydrogen-bond acceptors (Lipinski definition) is 5. The SMILES string of the molecule is CC(C)NS(=O)(=O)c1ccc(C(=O)OCC(=O)Nc2cc(F)ccc2F)cc1. The quantitative estimate of drug-likeness (QED) is 0.681. The van der Waals surface area contributed by atoms with Crippen LogP contribution in [-0.2, 0) is 19.6 Å². The van der Waals surface area contributed by atoms with Crippen molar-refractivity contribution in [2.75, 3.05) is 11.9 Å². The van der Waals surface area contributed by atoms with Gasteiger partial charge in [-0.3, -0.25) is 4.79 Å². The summed E-state index contributed by atoms with van der Waals surface area (Å²) in [6.07, 6.45) is 0. The molecule has 10 heteroatoms. The molecule has 0 unspecified atom stereocenters. The van der Waals surface area contributed by atoms with Crippen LogP contribution in [0, 0.1) is 11.6 Å². The van der Waals surface area contributed by atoms with E-state index in [1.165, 1.54) is 24.3 Å². The zero-order valence-electron chi connectivity index (χ0n) is 15.0. The van der Waals surface area contributed by atoms with Crippen LogP contribution < -0.4 is 10.0 Å². The second-order valence-corrected chi connectivity index (χ2v) is 7.76. The van der Waals surface area contributed by atoms with Gasteiger partial charge in [0.15, 0.2) is 6.61 Å². The maximum absolute atomic E-state index is 13.5. The first-order valence-electron chi connectivity index (χ1n) is 8.13. The van der Waals surface area contributed by atoms with E-state index in [4.69, 9.17) is 4.74 Å². The largest absolute Gasteiger partial charge is 0.452 e. The number of esters is 1. The molecule has 0 spiro atoms. The highest BCUT2D eigenvalue weighted by Gasteiger charge is 2.17. The molecule has 2 aromatic rings. The molecule has 0 aromatic heterocycles. The molecule has 0 aliphatic heterocycles. The van der Waals surface area contributed by atoms with Crippen molar-refractivity contribution in [2.24, 2.45) is 0 Å². The molecule has 7 nitrogen and oxygen atoms in total. The van der Waals surface area contributed by atoms with Gasteiger partial charge in [-0.15, -0.1) is 0 Å². The minimum Gasteiger partial charge on any atom is -0.452 e. The van der Waals surface area contributed by atoms with Crippen molar-refractivity contribution in [1.82, 2.24) is 4.72 Å². The van der Waals surface area contributed by atoms with Crippen molar-refractivity contribution in [1.29, 1.82) is 0 Å². The molecule has 28 heavy (non-hydrogen) atoms. The van der Waals surface area contributed by atoms with E-state index in [-0.39, 0.29) is 22.2 Å². The molecule has 0 fully saturated rings. The number of halogens is 2. The first kappa shape index (κ1) is 21.5. The van der Waals surface area contributed by atoms with Gasteiger partial charge in [0.1, 0.15) is 11.6 Å². The Balaban J connectivity index is 1.96. The predicted octanol–water partition coefficient (Wildman–Crippen LogP) is 2.45. The molecule has 0 atom stereocenters. The summed E-state index contributed by atoms with van der Waals surface area (Å²) < 4.78 is 57.8. The third kappa shape index (κ3) is 5.83. The van der Waals surface area contributed by atoms with Crippen molar-refractivity contribution in [3.05, 3.63) is 59.7 Å². The van der Waals surface area contributed by atoms with Gasteiger partial charge in [-0.1, -0.05) is 0 Å². The monoisotopic (exact) mass is 412 g/mol. The van der Waals surface area contributed by atoms with Crippen LogP contribution in [0.5, 0.6) is 0 Å². The molecule has 0 saturated heterocycles. The smallest absolute Gasteiger partial charge is 0.338 e. The molecule has 0 bridgehead atoms. The van der Waals surface area contributed by atoms with E-state index in [1.54, 1.807) is 13.8 Å². The van der Waals surface area contributed by atoms with Crippen LogP contribution >= 0.6 is 0 Å². The Hall–Kier alpha value is -2.85. The van der Waals surface area contributed by atoms with Crippen molar-refractivity contribution >= 4 is 27.6 Å². The Morgan fingerprint density at radius 2 is 1.71 bits per heavy atom. The average Bonchev–Trinajstić information content (AvgIpc) is 2.62. The molecule has 0 radical (unpaired) electrons. The van der Waals surface area contributed by atoms with Crippen LogP contribution in [0.1, 0.15) is 24.2 Å². The number of rotatable bonds is 7. The third-order valence-electron chi connectivity index (χ3n) is 3.33. The second kappa shape index (κ2) is 8.89. The third-order valence-corrected chi connectivity index (χ3v) is 5.00. The normalized spacial score (nSPS) is 11.3. The minimum atomic E-state index is -3.70. The average molecular weight is 412 g/mol. The molecule has 2 rings (SSSR count). The summed E-state index contributed by atoms with van der Waals surface area (Å²) in [6, 6.07) is 7.16. The Morgan fingerprint density at radius 3 is 2.32 bits per heavy atom. The van der Waals surface area contributed by atoms with Gasteiger partial charge >= 0.3 is 5.97 Å². The van der Waals surface area contributed by atoms with Crippen LogP contribution in [0.15, 0.2) is 47.4 Å². The lowest BCUT2D eigenvalue weighted by Gasteiger charge is -2.10. The highest BCUT2D eigenvalue weighted by Crippen LogP contribution is 2.15. The fourth-order valence-corrected chi connectivity index (χ4v) is 3.39. The maximum Gasteiger partial charge on any atom is 0.338 e. The molecule has 0 aliphatic carbocycles. The van der Waals surface area contributed by atoms with E-state index in [0.29, 0.717) is 0 Å². The summed E-state index contributed by atoms with van der Waals surface area (Å²) in [5.41, 5.74) is -0.360. The summed E-state index contributed by atoms with van der Waals surface area (Å²) in [5, 5.41) is 2.09. The summed E-state index contributed by atoms with van der Waals surface area (Å²) in [7, 11) is -3.70. The first-order chi connectivity index (χ1) is 13.1. The molecular formula is C18H18F2N2O5S. The summed E-state index contributed by atoms with van der Waals surface area (Å²) >= 11 is 0. The van der Waals surface area contributed by atoms with Crippen LogP contribution in [0.2, 0.25) is 0 Å². The van der Waals surface area contributed by atoms with Crippen LogP contribution in [-0.4, -0.2) is 32.9 Å². The topological polar surface area (TPSA) is 102 Å². The minimum absolute atomic E-state index is 0.0215. The van der Waals surface area contributed by atoms with Crippen molar-refractivity contribution < 1.29 is 31.5 Å². The molecular weight excluding hydrogens is 394 g/mol. The lowest BCUT2D eigenvalue weighted by Crippen LogP contribution is -2.30. The fraction of sp³-hybridized carbons (Fsp3) is 0.222. The lowest BCUT2D eigenvalue weighted by atomic mass is 10.2. The van der Waals surface area contributed by atoms with Crippen LogP contribution in [0.4, 0.5) is 14.5 Å². The van der Waals surface area contributed by atoms with E-state index in [0.717, 1.165) is 18.2 Å². The van der Waals surface area contributed by atoms with E-state index in [9.17, 15) is 26.8 Å². The van der Waals surface area contributed by atoms with Crippen molar-refractivity contribution in [3.63, 3.8) is 0 Å². The molecule has 0 aliphatic rings. The van der Waals surface area contributed by atoms with Crippen LogP contribution in [0.3, 0.4) is 0 Å². The Morgan fingerprint density at radius 1 is 1.07 bits per heavy atom. The zero-order valence-corrected chi connectivity index (χ0v) is 15.8. The number of sulfonamides is 1. The number of carbonyl (C=O) groups is 2. The molecule has 2 N–H and O–H groups in total. The lowest BCUT2D eigenvalue weighted by molar-refractivity contribution is -0.119. The number of hydrogen-bond donors (Lipinski definition) is 2. The number of anilines is 1. The summed E-state index contributed by atoms with van der Waals surface area (Å²) in [6.45, 7) is 2.61. The Kier molecular flexibility index (Phi) is 6.81. The molecule has 1 amide bonds. The Bertz CT molecular complexity index is 976. The van der Waals surface area contributed by atoms with Gasteiger partial charge < -0.3 is 10.1 Å². The second-order valence-electron chi connectivity index (χ2n) is 6.05. The van der Waals surface area contributed by atoms with Gasteiger partial charge in [-0.2, -0.15) is 0 Å². The van der Waals surface area contributed by atoms with E-state index in [1.807, 2.05) is 0 Å². The number of ether oxygens (including phenoxy) is 1. The van der Waals surface area contributed by atoms with Crippen molar-refractivity contribution in [2.45, 2.75) is 24.8 Å². The first-order valence-corrected chi connectivity index (χ1v) is 9.61. The maximum atomic E-state index is 13.5. The van der Waals surface area contributed by atoms with Gasteiger partial charge in [-0.05, 0) is 50.2 Å². The number of nitrogens with one attached hydrogen (secondary N) is 2. The highest BCUT2D eigenvalue weighted by molar-refractivity contribution is 7.89. The van der Waals surface area contributed by atoms with Gasteiger partial charge in [0.05, 0.1) is 16.1 Å². The molecule has 2 aromatic carbocycles. The number of benzene rings is 2. The van der Waals surface area contributed by atoms with E-state index < -0.39 is 40.1 Å². The predicted molar refractivity (Wildman–Crippen MR) is 97.2 cm³/mol. The van der Waals surface area contributed by atoms with Gasteiger partial charge in [0, 0.05) is 12.1 Å². The van der Waals surface area contributed by atoms with Gasteiger partial charge in [-0.25, -0.2) is 26.7 Å². The standard InChI is InChI=1S/C18H18F2N2O5S/c1-11(2)22-28(25,26)14-6-3-12(4-7-14)18(24)27-10-17(23)21-16-9-13(19)5-8-15(16)20/h3-9,11,22H,10H2,1-2H3,(H,21,23). The molecule has 0 saturated carbocycles. The number of carbonyl (C=O) groups excluding carboxylic acids is 2. The van der Waals surface area contributed by atoms with Gasteiger partial charge in [0.2, 0.25) is 10.0 Å². The highest BCUT2D eigenvalue weighted by atomic mass is 32.2. The Labute approximate surface area is 160 Å². The summed E-state index contributed by atoms with van der Waals surface area (Å²) in [5.74, 6) is -3.32. The fourth-order valence-electron chi connectivity index (χ4n) is 2.14. The summed E-state index contributed by atoms with van der Waals surface area (Å²) in [4.78, 5) is 23.7. The van der Waals surface area contributed by atoms with E-state index >= 15 is 0 Å². The van der Waals surface area contributed by atoms with E-state index in [2.05, 4.69) is 10.0 Å². The molecule has 0 heterocycles.